The number of nitrogens with one attached hydrogen (secondary N) is 1. The number of thiophene rings is 1. The van der Waals surface area contributed by atoms with Crippen molar-refractivity contribution >= 4 is 35.0 Å². The quantitative estimate of drug-likeness (QED) is 0.428. The van der Waals surface area contributed by atoms with Crippen LogP contribution >= 0.6 is 11.3 Å². The molecule has 1 heterocycles. The van der Waals surface area contributed by atoms with Crippen molar-refractivity contribution in [3.05, 3.63) is 82.7 Å². The molecule has 0 radical (unpaired) electrons. The summed E-state index contributed by atoms with van der Waals surface area (Å²) in [5.41, 5.74) is 3.81. The number of aryl methyl sites for hydroxylation is 2. The van der Waals surface area contributed by atoms with Crippen molar-refractivity contribution in [3.8, 4) is 10.4 Å². The topological polar surface area (TPSA) is 55.4 Å². The number of para-hydroxylation sites is 1. The van der Waals surface area contributed by atoms with Crippen LogP contribution in [0.25, 0.3) is 16.5 Å². The fraction of sp³-hybridized carbons (Fsp3) is 0.167. The Morgan fingerprint density at radius 1 is 0.966 bits per heavy atom. The fourth-order valence-corrected chi connectivity index (χ4v) is 3.77. The van der Waals surface area contributed by atoms with Crippen LogP contribution in [0.15, 0.2) is 66.7 Å². The number of carbonyl (C=O) groups excluding carboxylic acids is 2. The lowest BCUT2D eigenvalue weighted by atomic mass is 10.1. The number of amides is 1. The molecule has 1 amide bonds. The molecule has 0 saturated carbocycles. The third kappa shape index (κ3) is 5.42. The molecule has 0 aliphatic heterocycles. The molecule has 4 nitrogen and oxygen atoms in total. The van der Waals surface area contributed by atoms with Gasteiger partial charge in [-0.15, -0.1) is 11.3 Å². The highest BCUT2D eigenvalue weighted by molar-refractivity contribution is 7.16. The second-order valence-corrected chi connectivity index (χ2v) is 7.85. The Balaban J connectivity index is 1.57. The van der Waals surface area contributed by atoms with Gasteiger partial charge in [0.2, 0.25) is 0 Å². The van der Waals surface area contributed by atoms with Crippen LogP contribution in [0.5, 0.6) is 0 Å². The highest BCUT2D eigenvalue weighted by atomic mass is 32.1. The Morgan fingerprint density at radius 2 is 1.66 bits per heavy atom. The zero-order valence-corrected chi connectivity index (χ0v) is 17.5. The fourth-order valence-electron chi connectivity index (χ4n) is 2.85. The molecular weight excluding hydrogens is 382 g/mol. The van der Waals surface area contributed by atoms with E-state index in [1.807, 2.05) is 74.5 Å². The summed E-state index contributed by atoms with van der Waals surface area (Å²) >= 11 is 1.58. The summed E-state index contributed by atoms with van der Waals surface area (Å²) in [7, 11) is 0. The Morgan fingerprint density at radius 3 is 2.34 bits per heavy atom. The van der Waals surface area contributed by atoms with Crippen LogP contribution in [0.4, 0.5) is 5.69 Å². The molecule has 0 aliphatic rings. The molecule has 1 N–H and O–H groups in total. The Hall–Kier alpha value is -3.18. The highest BCUT2D eigenvalue weighted by Crippen LogP contribution is 2.28. The largest absolute Gasteiger partial charge is 0.449 e. The molecule has 0 saturated heterocycles. The molecule has 29 heavy (non-hydrogen) atoms. The second kappa shape index (κ2) is 9.34. The van der Waals surface area contributed by atoms with Gasteiger partial charge in [0.25, 0.3) is 5.91 Å². The van der Waals surface area contributed by atoms with Gasteiger partial charge in [0.05, 0.1) is 0 Å². The predicted octanol–water partition coefficient (Wildman–Crippen LogP) is 5.62. The van der Waals surface area contributed by atoms with Crippen LogP contribution in [0.3, 0.4) is 0 Å². The first-order valence-corrected chi connectivity index (χ1v) is 10.2. The summed E-state index contributed by atoms with van der Waals surface area (Å²) in [4.78, 5) is 26.5. The first kappa shape index (κ1) is 20.6. The summed E-state index contributed by atoms with van der Waals surface area (Å²) in [5.74, 6) is -0.907. The van der Waals surface area contributed by atoms with Gasteiger partial charge < -0.3 is 10.1 Å². The van der Waals surface area contributed by atoms with Gasteiger partial charge >= 0.3 is 5.97 Å². The van der Waals surface area contributed by atoms with Gasteiger partial charge in [-0.25, -0.2) is 4.79 Å². The van der Waals surface area contributed by atoms with Gasteiger partial charge in [0.1, 0.15) is 0 Å². The Kier molecular flexibility index (Phi) is 6.62. The molecule has 5 heteroatoms. The molecule has 1 atom stereocenters. The molecule has 0 spiro atoms. The Bertz CT molecular complexity index is 1020. The SMILES string of the molecule is Cc1cccc(C)c1NC(=O)[C@@H](C)OC(=O)/C=C/c1ccc(-c2ccccc2)s1. The van der Waals surface area contributed by atoms with Crippen molar-refractivity contribution in [1.29, 1.82) is 0 Å². The zero-order valence-electron chi connectivity index (χ0n) is 16.6. The van der Waals surface area contributed by atoms with Crippen LogP contribution in [-0.4, -0.2) is 18.0 Å². The maximum Gasteiger partial charge on any atom is 0.331 e. The lowest BCUT2D eigenvalue weighted by Gasteiger charge is -2.15. The normalized spacial score (nSPS) is 12.0. The first-order valence-electron chi connectivity index (χ1n) is 9.35. The number of anilines is 1. The van der Waals surface area contributed by atoms with Crippen LogP contribution in [-0.2, 0) is 14.3 Å². The number of hydrogen-bond donors (Lipinski definition) is 1. The van der Waals surface area contributed by atoms with E-state index >= 15 is 0 Å². The van der Waals surface area contributed by atoms with Gasteiger partial charge in [-0.05, 0) is 55.7 Å². The third-order valence-corrected chi connectivity index (χ3v) is 5.56. The summed E-state index contributed by atoms with van der Waals surface area (Å²) in [6.45, 7) is 5.41. The maximum atomic E-state index is 12.4. The molecular formula is C24H23NO3S. The van der Waals surface area contributed by atoms with Gasteiger partial charge in [-0.3, -0.25) is 4.79 Å². The van der Waals surface area contributed by atoms with E-state index in [0.717, 1.165) is 32.1 Å². The van der Waals surface area contributed by atoms with Crippen LogP contribution in [0.2, 0.25) is 0 Å². The van der Waals surface area contributed by atoms with Crippen molar-refractivity contribution in [2.75, 3.05) is 5.32 Å². The number of hydrogen-bond acceptors (Lipinski definition) is 4. The monoisotopic (exact) mass is 405 g/mol. The minimum Gasteiger partial charge on any atom is -0.449 e. The van der Waals surface area contributed by atoms with Gasteiger partial charge in [0, 0.05) is 21.5 Å². The van der Waals surface area contributed by atoms with Crippen molar-refractivity contribution in [2.45, 2.75) is 26.9 Å². The van der Waals surface area contributed by atoms with Crippen molar-refractivity contribution in [3.63, 3.8) is 0 Å². The summed E-state index contributed by atoms with van der Waals surface area (Å²) in [5, 5.41) is 2.84. The number of rotatable bonds is 6. The summed E-state index contributed by atoms with van der Waals surface area (Å²) in [6, 6.07) is 19.8. The number of carbonyl (C=O) groups is 2. The third-order valence-electron chi connectivity index (χ3n) is 4.46. The molecule has 2 aromatic carbocycles. The minimum atomic E-state index is -0.894. The van der Waals surface area contributed by atoms with Gasteiger partial charge in [0.15, 0.2) is 6.10 Å². The molecule has 148 valence electrons. The van der Waals surface area contributed by atoms with E-state index in [9.17, 15) is 9.59 Å². The predicted molar refractivity (Wildman–Crippen MR) is 119 cm³/mol. The molecule has 0 fully saturated rings. The van der Waals surface area contributed by atoms with Crippen molar-refractivity contribution in [2.24, 2.45) is 0 Å². The number of benzene rings is 2. The molecule has 1 aromatic heterocycles. The average molecular weight is 406 g/mol. The van der Waals surface area contributed by atoms with Crippen LogP contribution in [0, 0.1) is 13.8 Å². The van der Waals surface area contributed by atoms with Crippen LogP contribution in [0.1, 0.15) is 22.9 Å². The minimum absolute atomic E-state index is 0.355. The highest BCUT2D eigenvalue weighted by Gasteiger charge is 2.18. The van der Waals surface area contributed by atoms with E-state index in [2.05, 4.69) is 5.32 Å². The Labute approximate surface area is 174 Å². The molecule has 3 rings (SSSR count). The lowest BCUT2D eigenvalue weighted by molar-refractivity contribution is -0.148. The van der Waals surface area contributed by atoms with Gasteiger partial charge in [-0.2, -0.15) is 0 Å². The van der Waals surface area contributed by atoms with Gasteiger partial charge in [-0.1, -0.05) is 48.5 Å². The summed E-state index contributed by atoms with van der Waals surface area (Å²) < 4.78 is 5.24. The van der Waals surface area contributed by atoms with Crippen molar-refractivity contribution < 1.29 is 14.3 Å². The average Bonchev–Trinajstić information content (AvgIpc) is 3.19. The molecule has 0 unspecified atom stereocenters. The lowest BCUT2D eigenvalue weighted by Crippen LogP contribution is -2.30. The van der Waals surface area contributed by atoms with E-state index in [1.165, 1.54) is 6.08 Å². The number of ether oxygens (including phenoxy) is 1. The first-order chi connectivity index (χ1) is 13.9. The summed E-state index contributed by atoms with van der Waals surface area (Å²) in [6.07, 6.45) is 2.16. The smallest absolute Gasteiger partial charge is 0.331 e. The standard InChI is InChI=1S/C24H23NO3S/c1-16-8-7-9-17(2)23(16)25-24(27)18(3)28-22(26)15-13-20-12-14-21(29-20)19-10-5-4-6-11-19/h4-15,18H,1-3H3,(H,25,27)/b15-13+/t18-/m1/s1. The molecule has 0 bridgehead atoms. The zero-order chi connectivity index (χ0) is 20.8. The van der Waals surface area contributed by atoms with E-state index in [0.29, 0.717) is 0 Å². The maximum absolute atomic E-state index is 12.4. The molecule has 0 aliphatic carbocycles. The number of esters is 1. The molecule has 3 aromatic rings. The van der Waals surface area contributed by atoms with E-state index < -0.39 is 12.1 Å². The van der Waals surface area contributed by atoms with E-state index in [4.69, 9.17) is 4.74 Å². The second-order valence-electron chi connectivity index (χ2n) is 6.74. The van der Waals surface area contributed by atoms with E-state index in [1.54, 1.807) is 24.3 Å². The van der Waals surface area contributed by atoms with Crippen molar-refractivity contribution in [1.82, 2.24) is 0 Å². The van der Waals surface area contributed by atoms with E-state index in [-0.39, 0.29) is 5.91 Å². The van der Waals surface area contributed by atoms with Crippen LogP contribution < -0.4 is 5.32 Å².